The van der Waals surface area contributed by atoms with Crippen LogP contribution in [0.25, 0.3) is 0 Å². The number of Topliss-reactive ketones (excluding diaryl/α,β-unsaturated/α-hetero) is 1. The SMILES string of the molecule is CC(=O)c1ccc(OC(C(=O)NC2CC2)c2ccccc2)cc1. The van der Waals surface area contributed by atoms with E-state index in [1.807, 2.05) is 30.3 Å². The Balaban J connectivity index is 1.80. The fraction of sp³-hybridized carbons (Fsp3) is 0.263. The summed E-state index contributed by atoms with van der Waals surface area (Å²) in [5, 5.41) is 2.98. The first-order chi connectivity index (χ1) is 11.1. The summed E-state index contributed by atoms with van der Waals surface area (Å²) in [5.41, 5.74) is 1.43. The summed E-state index contributed by atoms with van der Waals surface area (Å²) in [6, 6.07) is 16.6. The highest BCUT2D eigenvalue weighted by Gasteiger charge is 2.29. The van der Waals surface area contributed by atoms with Crippen LogP contribution in [0.5, 0.6) is 5.75 Å². The molecule has 2 aromatic carbocycles. The Morgan fingerprint density at radius 1 is 1.04 bits per heavy atom. The Hall–Kier alpha value is -2.62. The summed E-state index contributed by atoms with van der Waals surface area (Å²) in [6.07, 6.45) is 1.36. The van der Waals surface area contributed by atoms with Crippen molar-refractivity contribution < 1.29 is 14.3 Å². The van der Waals surface area contributed by atoms with Crippen LogP contribution in [0.15, 0.2) is 54.6 Å². The van der Waals surface area contributed by atoms with Crippen LogP contribution in [0.3, 0.4) is 0 Å². The lowest BCUT2D eigenvalue weighted by atomic mass is 10.1. The predicted octanol–water partition coefficient (Wildman–Crippen LogP) is 3.29. The number of rotatable bonds is 6. The molecule has 0 spiro atoms. The number of ketones is 1. The summed E-state index contributed by atoms with van der Waals surface area (Å²) >= 11 is 0. The molecule has 1 amide bonds. The molecule has 3 rings (SSSR count). The summed E-state index contributed by atoms with van der Waals surface area (Å²) in [7, 11) is 0. The number of carbonyl (C=O) groups excluding carboxylic acids is 2. The molecule has 2 aromatic rings. The Morgan fingerprint density at radius 3 is 2.26 bits per heavy atom. The van der Waals surface area contributed by atoms with E-state index in [0.29, 0.717) is 11.3 Å². The molecule has 4 nitrogen and oxygen atoms in total. The van der Waals surface area contributed by atoms with Gasteiger partial charge in [0.25, 0.3) is 5.91 Å². The Labute approximate surface area is 135 Å². The topological polar surface area (TPSA) is 55.4 Å². The number of amides is 1. The van der Waals surface area contributed by atoms with Crippen LogP contribution in [0, 0.1) is 0 Å². The third-order valence-corrected chi connectivity index (χ3v) is 3.78. The lowest BCUT2D eigenvalue weighted by molar-refractivity contribution is -0.128. The minimum Gasteiger partial charge on any atom is -0.476 e. The first kappa shape index (κ1) is 15.3. The zero-order valence-electron chi connectivity index (χ0n) is 13.0. The van der Waals surface area contributed by atoms with E-state index in [0.717, 1.165) is 18.4 Å². The van der Waals surface area contributed by atoms with Crippen LogP contribution in [-0.4, -0.2) is 17.7 Å². The molecule has 0 radical (unpaired) electrons. The van der Waals surface area contributed by atoms with Crippen LogP contribution in [0.4, 0.5) is 0 Å². The quantitative estimate of drug-likeness (QED) is 0.833. The first-order valence-electron chi connectivity index (χ1n) is 7.76. The third kappa shape index (κ3) is 3.97. The van der Waals surface area contributed by atoms with Gasteiger partial charge in [-0.3, -0.25) is 9.59 Å². The van der Waals surface area contributed by atoms with Crippen LogP contribution in [0.2, 0.25) is 0 Å². The molecule has 1 atom stereocenters. The molecule has 1 N–H and O–H groups in total. The van der Waals surface area contributed by atoms with E-state index in [2.05, 4.69) is 5.32 Å². The van der Waals surface area contributed by atoms with Gasteiger partial charge >= 0.3 is 0 Å². The van der Waals surface area contributed by atoms with Gasteiger partial charge in [-0.05, 0) is 44.0 Å². The monoisotopic (exact) mass is 309 g/mol. The molecule has 0 saturated heterocycles. The number of nitrogens with one attached hydrogen (secondary N) is 1. The molecule has 4 heteroatoms. The van der Waals surface area contributed by atoms with E-state index in [9.17, 15) is 9.59 Å². The highest BCUT2D eigenvalue weighted by Crippen LogP contribution is 2.25. The molecule has 1 unspecified atom stereocenters. The molecule has 1 aliphatic carbocycles. The van der Waals surface area contributed by atoms with Crippen molar-refractivity contribution in [2.75, 3.05) is 0 Å². The molecule has 0 aliphatic heterocycles. The molecule has 0 aromatic heterocycles. The number of benzene rings is 2. The van der Waals surface area contributed by atoms with Gasteiger partial charge in [-0.1, -0.05) is 30.3 Å². The van der Waals surface area contributed by atoms with Gasteiger partial charge in [0.05, 0.1) is 0 Å². The van der Waals surface area contributed by atoms with E-state index >= 15 is 0 Å². The predicted molar refractivity (Wildman–Crippen MR) is 87.4 cm³/mol. The maximum atomic E-state index is 12.5. The number of ether oxygens (including phenoxy) is 1. The van der Waals surface area contributed by atoms with Crippen molar-refractivity contribution in [3.8, 4) is 5.75 Å². The molecule has 0 bridgehead atoms. The zero-order chi connectivity index (χ0) is 16.2. The second-order valence-electron chi connectivity index (χ2n) is 5.77. The molecule has 1 saturated carbocycles. The second-order valence-corrected chi connectivity index (χ2v) is 5.77. The summed E-state index contributed by atoms with van der Waals surface area (Å²) in [4.78, 5) is 23.8. The van der Waals surface area contributed by atoms with Crippen molar-refractivity contribution in [3.05, 3.63) is 65.7 Å². The molecule has 23 heavy (non-hydrogen) atoms. The molecule has 118 valence electrons. The normalized spacial score (nSPS) is 14.8. The molecule has 1 aliphatic rings. The van der Waals surface area contributed by atoms with Gasteiger partial charge < -0.3 is 10.1 Å². The van der Waals surface area contributed by atoms with E-state index in [4.69, 9.17) is 4.74 Å². The molecule has 1 fully saturated rings. The van der Waals surface area contributed by atoms with Crippen molar-refractivity contribution in [2.45, 2.75) is 31.9 Å². The second kappa shape index (κ2) is 6.65. The highest BCUT2D eigenvalue weighted by atomic mass is 16.5. The maximum Gasteiger partial charge on any atom is 0.266 e. The van der Waals surface area contributed by atoms with Crippen molar-refractivity contribution in [2.24, 2.45) is 0 Å². The van der Waals surface area contributed by atoms with Crippen LogP contribution < -0.4 is 10.1 Å². The van der Waals surface area contributed by atoms with Crippen molar-refractivity contribution in [1.82, 2.24) is 5.32 Å². The fourth-order valence-corrected chi connectivity index (χ4v) is 2.31. The standard InChI is InChI=1S/C19H19NO3/c1-13(21)14-7-11-17(12-8-14)23-18(15-5-3-2-4-6-15)19(22)20-16-9-10-16/h2-8,11-12,16,18H,9-10H2,1H3,(H,20,22). The summed E-state index contributed by atoms with van der Waals surface area (Å²) in [5.74, 6) is 0.437. The largest absolute Gasteiger partial charge is 0.476 e. The fourth-order valence-electron chi connectivity index (χ4n) is 2.31. The van der Waals surface area contributed by atoms with Crippen LogP contribution >= 0.6 is 0 Å². The van der Waals surface area contributed by atoms with Crippen molar-refractivity contribution in [3.63, 3.8) is 0 Å². The summed E-state index contributed by atoms with van der Waals surface area (Å²) < 4.78 is 5.90. The number of hydrogen-bond acceptors (Lipinski definition) is 3. The first-order valence-corrected chi connectivity index (χ1v) is 7.76. The van der Waals surface area contributed by atoms with Crippen LogP contribution in [-0.2, 0) is 4.79 Å². The van der Waals surface area contributed by atoms with Gasteiger partial charge in [0.1, 0.15) is 5.75 Å². The van der Waals surface area contributed by atoms with E-state index in [1.165, 1.54) is 6.92 Å². The molecular formula is C19H19NO3. The smallest absolute Gasteiger partial charge is 0.266 e. The lowest BCUT2D eigenvalue weighted by Crippen LogP contribution is -2.33. The number of hydrogen-bond donors (Lipinski definition) is 1. The van der Waals surface area contributed by atoms with Gasteiger partial charge in [0.2, 0.25) is 6.10 Å². The summed E-state index contributed by atoms with van der Waals surface area (Å²) in [6.45, 7) is 1.52. The third-order valence-electron chi connectivity index (χ3n) is 3.78. The van der Waals surface area contributed by atoms with Crippen LogP contribution in [0.1, 0.15) is 41.8 Å². The van der Waals surface area contributed by atoms with Gasteiger partial charge in [0.15, 0.2) is 5.78 Å². The maximum absolute atomic E-state index is 12.5. The Morgan fingerprint density at radius 2 is 1.70 bits per heavy atom. The minimum atomic E-state index is -0.694. The van der Waals surface area contributed by atoms with E-state index in [-0.39, 0.29) is 17.7 Å². The molecule has 0 heterocycles. The molecular weight excluding hydrogens is 290 g/mol. The van der Waals surface area contributed by atoms with Gasteiger partial charge in [-0.25, -0.2) is 0 Å². The van der Waals surface area contributed by atoms with E-state index in [1.54, 1.807) is 24.3 Å². The average molecular weight is 309 g/mol. The Bertz CT molecular complexity index is 690. The van der Waals surface area contributed by atoms with Gasteiger partial charge in [-0.2, -0.15) is 0 Å². The van der Waals surface area contributed by atoms with E-state index < -0.39 is 6.10 Å². The lowest BCUT2D eigenvalue weighted by Gasteiger charge is -2.19. The minimum absolute atomic E-state index is 0.00244. The zero-order valence-corrected chi connectivity index (χ0v) is 13.0. The van der Waals surface area contributed by atoms with Crippen molar-refractivity contribution in [1.29, 1.82) is 0 Å². The number of carbonyl (C=O) groups is 2. The highest BCUT2D eigenvalue weighted by molar-refractivity contribution is 5.94. The van der Waals surface area contributed by atoms with Crippen molar-refractivity contribution >= 4 is 11.7 Å². The average Bonchev–Trinajstić information content (AvgIpc) is 3.37. The van der Waals surface area contributed by atoms with Gasteiger partial charge in [-0.15, -0.1) is 0 Å². The Kier molecular flexibility index (Phi) is 4.42. The van der Waals surface area contributed by atoms with Gasteiger partial charge in [0, 0.05) is 17.2 Å².